The second-order valence-electron chi connectivity index (χ2n) is 6.88. The Bertz CT molecular complexity index is 1030. The molecule has 9 heteroatoms. The van der Waals surface area contributed by atoms with Gasteiger partial charge in [-0.15, -0.1) is 0 Å². The van der Waals surface area contributed by atoms with Crippen molar-refractivity contribution in [1.29, 1.82) is 0 Å². The van der Waals surface area contributed by atoms with Crippen LogP contribution in [0.2, 0.25) is 0 Å². The molecule has 0 atom stereocenters. The molecule has 1 N–H and O–H groups in total. The highest BCUT2D eigenvalue weighted by molar-refractivity contribution is 6.22. The molecule has 9 nitrogen and oxygen atoms in total. The van der Waals surface area contributed by atoms with Gasteiger partial charge in [0.1, 0.15) is 0 Å². The molecule has 5 amide bonds. The van der Waals surface area contributed by atoms with Crippen molar-refractivity contribution in [2.45, 2.75) is 6.42 Å². The predicted octanol–water partition coefficient (Wildman–Crippen LogP) is 1.19. The lowest BCUT2D eigenvalue weighted by atomic mass is 10.1. The van der Waals surface area contributed by atoms with Crippen LogP contribution in [0.1, 0.15) is 47.9 Å². The van der Waals surface area contributed by atoms with Crippen molar-refractivity contribution in [3.63, 3.8) is 0 Å². The summed E-state index contributed by atoms with van der Waals surface area (Å²) >= 11 is 0. The lowest BCUT2D eigenvalue weighted by Crippen LogP contribution is -2.40. The van der Waals surface area contributed by atoms with Gasteiger partial charge < -0.3 is 0 Å². The highest BCUT2D eigenvalue weighted by Crippen LogP contribution is 2.23. The molecule has 2 aliphatic rings. The lowest BCUT2D eigenvalue weighted by molar-refractivity contribution is -0.165. The van der Waals surface area contributed by atoms with Crippen molar-refractivity contribution in [2.75, 3.05) is 19.6 Å². The summed E-state index contributed by atoms with van der Waals surface area (Å²) < 4.78 is 0. The zero-order valence-electron chi connectivity index (χ0n) is 15.8. The van der Waals surface area contributed by atoms with Gasteiger partial charge in [0.15, 0.2) is 0 Å². The van der Waals surface area contributed by atoms with Crippen LogP contribution in [0.25, 0.3) is 0 Å². The van der Waals surface area contributed by atoms with Crippen molar-refractivity contribution in [2.24, 2.45) is 0 Å². The predicted molar refractivity (Wildman–Crippen MR) is 102 cm³/mol. The van der Waals surface area contributed by atoms with E-state index in [1.54, 1.807) is 36.4 Å². The smallest absolute Gasteiger partial charge is 0.261 e. The monoisotopic (exact) mass is 407 g/mol. The van der Waals surface area contributed by atoms with Crippen LogP contribution in [0.15, 0.2) is 48.5 Å². The third kappa shape index (κ3) is 3.15. The minimum atomic E-state index is -0.733. The van der Waals surface area contributed by atoms with Crippen molar-refractivity contribution >= 4 is 29.5 Å². The Labute approximate surface area is 171 Å². The quantitative estimate of drug-likeness (QED) is 0.437. The van der Waals surface area contributed by atoms with E-state index in [0.29, 0.717) is 5.06 Å². The number of amides is 5. The van der Waals surface area contributed by atoms with Crippen LogP contribution in [-0.2, 0) is 4.79 Å². The third-order valence-electron chi connectivity index (χ3n) is 5.13. The minimum absolute atomic E-state index is 0.179. The molecule has 2 aliphatic heterocycles. The van der Waals surface area contributed by atoms with Gasteiger partial charge >= 0.3 is 0 Å². The van der Waals surface area contributed by atoms with Gasteiger partial charge in [0.2, 0.25) is 5.91 Å². The summed E-state index contributed by atoms with van der Waals surface area (Å²) in [6, 6.07) is 12.7. The first-order valence-electron chi connectivity index (χ1n) is 9.30. The minimum Gasteiger partial charge on any atom is -0.286 e. The highest BCUT2D eigenvalue weighted by atomic mass is 16.5. The molecule has 4 rings (SSSR count). The molecule has 0 fully saturated rings. The summed E-state index contributed by atoms with van der Waals surface area (Å²) in [7, 11) is 0. The maximum absolute atomic E-state index is 12.3. The molecule has 0 saturated heterocycles. The molecule has 2 aromatic rings. The molecule has 2 aromatic carbocycles. The topological polar surface area (TPSA) is 115 Å². The maximum atomic E-state index is 12.3. The van der Waals surface area contributed by atoms with E-state index in [2.05, 4.69) is 0 Å². The van der Waals surface area contributed by atoms with Gasteiger partial charge in [-0.2, -0.15) is 0 Å². The van der Waals surface area contributed by atoms with E-state index >= 15 is 0 Å². The van der Waals surface area contributed by atoms with E-state index in [-0.39, 0.29) is 48.3 Å². The van der Waals surface area contributed by atoms with E-state index < -0.39 is 29.5 Å². The van der Waals surface area contributed by atoms with Crippen LogP contribution in [-0.4, -0.2) is 69.2 Å². The van der Waals surface area contributed by atoms with Gasteiger partial charge in [0.25, 0.3) is 23.6 Å². The van der Waals surface area contributed by atoms with E-state index in [1.807, 2.05) is 0 Å². The zero-order valence-corrected chi connectivity index (χ0v) is 15.8. The fourth-order valence-corrected chi connectivity index (χ4v) is 3.54. The van der Waals surface area contributed by atoms with Gasteiger partial charge in [0, 0.05) is 19.5 Å². The van der Waals surface area contributed by atoms with Gasteiger partial charge in [0.05, 0.1) is 28.8 Å². The Kier molecular flexibility index (Phi) is 4.88. The van der Waals surface area contributed by atoms with Crippen LogP contribution in [0.4, 0.5) is 0 Å². The molecular formula is C21H17N3O6. The van der Waals surface area contributed by atoms with Gasteiger partial charge in [-0.05, 0) is 24.3 Å². The first-order valence-corrected chi connectivity index (χ1v) is 9.30. The molecule has 0 aromatic heterocycles. The summed E-state index contributed by atoms with van der Waals surface area (Å²) in [6.07, 6.45) is -0.288. The zero-order chi connectivity index (χ0) is 21.4. The van der Waals surface area contributed by atoms with E-state index in [1.165, 1.54) is 12.1 Å². The van der Waals surface area contributed by atoms with Gasteiger partial charge in [-0.25, -0.2) is 5.06 Å². The van der Waals surface area contributed by atoms with Crippen LogP contribution < -0.4 is 0 Å². The van der Waals surface area contributed by atoms with Gasteiger partial charge in [-0.1, -0.05) is 24.3 Å². The molecule has 152 valence electrons. The van der Waals surface area contributed by atoms with Crippen molar-refractivity contribution in [1.82, 2.24) is 14.9 Å². The molecular weight excluding hydrogens is 390 g/mol. The molecule has 30 heavy (non-hydrogen) atoms. The second-order valence-corrected chi connectivity index (χ2v) is 6.88. The average molecular weight is 407 g/mol. The molecule has 0 spiro atoms. The first-order chi connectivity index (χ1) is 14.4. The number of hydrogen-bond acceptors (Lipinski definition) is 6. The first kappa shape index (κ1) is 19.5. The highest BCUT2D eigenvalue weighted by Gasteiger charge is 2.36. The Morgan fingerprint density at radius 1 is 0.700 bits per heavy atom. The van der Waals surface area contributed by atoms with E-state index in [0.717, 1.165) is 9.80 Å². The standard InChI is InChI=1S/C21H17N3O6/c25-17(9-10-22-18(26)13-5-1-2-6-14(13)19(22)27)24(30)12-11-23-20(28)15-7-3-4-8-16(15)21(23)29/h1-8,30H,9-12H2. The Balaban J connectivity index is 1.31. The summed E-state index contributed by atoms with van der Waals surface area (Å²) in [6.45, 7) is -0.650. The summed E-state index contributed by atoms with van der Waals surface area (Å²) in [4.78, 5) is 63.4. The number of nitrogens with zero attached hydrogens (tertiary/aromatic N) is 3. The number of carbonyl (C=O) groups excluding carboxylic acids is 5. The van der Waals surface area contributed by atoms with Crippen molar-refractivity contribution in [3.8, 4) is 0 Å². The third-order valence-corrected chi connectivity index (χ3v) is 5.13. The number of imide groups is 2. The average Bonchev–Trinajstić information content (AvgIpc) is 3.15. The van der Waals surface area contributed by atoms with Crippen molar-refractivity contribution < 1.29 is 29.2 Å². The summed E-state index contributed by atoms with van der Waals surface area (Å²) in [5.41, 5.74) is 1.12. The Hall–Kier alpha value is -3.85. The Morgan fingerprint density at radius 3 is 1.47 bits per heavy atom. The largest absolute Gasteiger partial charge is 0.286 e. The van der Waals surface area contributed by atoms with E-state index in [4.69, 9.17) is 0 Å². The number of hydroxylamine groups is 2. The maximum Gasteiger partial charge on any atom is 0.261 e. The molecule has 0 radical (unpaired) electrons. The SMILES string of the molecule is O=C(CCN1C(=O)c2ccccc2C1=O)N(O)CCN1C(=O)c2ccccc2C1=O. The fourth-order valence-electron chi connectivity index (χ4n) is 3.54. The Morgan fingerprint density at radius 2 is 1.07 bits per heavy atom. The molecule has 0 unspecified atom stereocenters. The number of rotatable bonds is 6. The molecule has 0 aliphatic carbocycles. The molecule has 2 heterocycles. The lowest BCUT2D eigenvalue weighted by Gasteiger charge is -2.20. The molecule has 0 saturated carbocycles. The normalized spacial score (nSPS) is 15.0. The molecule has 0 bridgehead atoms. The second kappa shape index (κ2) is 7.53. The number of carbonyl (C=O) groups is 5. The summed E-state index contributed by atoms with van der Waals surface area (Å²) in [5.74, 6) is -2.68. The summed E-state index contributed by atoms with van der Waals surface area (Å²) in [5, 5.41) is 10.4. The fraction of sp³-hybridized carbons (Fsp3) is 0.190. The van der Waals surface area contributed by atoms with E-state index in [9.17, 15) is 29.2 Å². The van der Waals surface area contributed by atoms with Crippen LogP contribution in [0.5, 0.6) is 0 Å². The van der Waals surface area contributed by atoms with Crippen molar-refractivity contribution in [3.05, 3.63) is 70.8 Å². The van der Waals surface area contributed by atoms with Crippen LogP contribution >= 0.6 is 0 Å². The number of benzene rings is 2. The van der Waals surface area contributed by atoms with Crippen LogP contribution in [0, 0.1) is 0 Å². The van der Waals surface area contributed by atoms with Gasteiger partial charge in [-0.3, -0.25) is 39.0 Å². The number of fused-ring (bicyclic) bond motifs is 2. The van der Waals surface area contributed by atoms with Crippen LogP contribution in [0.3, 0.4) is 0 Å². The number of hydrogen-bond donors (Lipinski definition) is 1.